The summed E-state index contributed by atoms with van der Waals surface area (Å²) in [6.45, 7) is 5.79. The molecular formula is C11H16N3O5S-. The molecule has 0 radical (unpaired) electrons. The summed E-state index contributed by atoms with van der Waals surface area (Å²) in [6.07, 6.45) is 0.670. The van der Waals surface area contributed by atoms with Crippen LogP contribution in [-0.2, 0) is 22.4 Å². The van der Waals surface area contributed by atoms with Gasteiger partial charge in [0.05, 0.1) is 18.8 Å². The molecule has 0 aromatic carbocycles. The minimum atomic E-state index is -2.39. The SMILES string of the molecule is CC(C)(C)OC(=O)N[C@@H]1COc2c(S(=O)[O-])cnn2C1. The summed E-state index contributed by atoms with van der Waals surface area (Å²) in [5, 5.41) is 6.57. The number of nitrogens with zero attached hydrogens (tertiary/aromatic N) is 2. The van der Waals surface area contributed by atoms with Crippen LogP contribution in [0.3, 0.4) is 0 Å². The molecular weight excluding hydrogens is 286 g/mol. The van der Waals surface area contributed by atoms with Crippen LogP contribution in [0.1, 0.15) is 20.8 Å². The van der Waals surface area contributed by atoms with Crippen molar-refractivity contribution in [2.75, 3.05) is 6.61 Å². The fourth-order valence-electron chi connectivity index (χ4n) is 1.75. The van der Waals surface area contributed by atoms with Crippen molar-refractivity contribution in [3.8, 4) is 5.88 Å². The second-order valence-corrected chi connectivity index (χ2v) is 6.29. The molecule has 0 saturated heterocycles. The summed E-state index contributed by atoms with van der Waals surface area (Å²) in [4.78, 5) is 11.6. The molecule has 0 bridgehead atoms. The Hall–Kier alpha value is -1.61. The van der Waals surface area contributed by atoms with Crippen LogP contribution in [0.2, 0.25) is 0 Å². The Morgan fingerprint density at radius 3 is 2.95 bits per heavy atom. The number of hydrogen-bond acceptors (Lipinski definition) is 6. The van der Waals surface area contributed by atoms with E-state index in [-0.39, 0.29) is 23.4 Å². The van der Waals surface area contributed by atoms with Crippen LogP contribution in [0.5, 0.6) is 5.88 Å². The quantitative estimate of drug-likeness (QED) is 0.793. The van der Waals surface area contributed by atoms with E-state index in [1.807, 2.05) is 0 Å². The highest BCUT2D eigenvalue weighted by Gasteiger charge is 2.26. The molecule has 0 aliphatic carbocycles. The Morgan fingerprint density at radius 1 is 1.65 bits per heavy atom. The third-order valence-electron chi connectivity index (χ3n) is 2.47. The summed E-state index contributed by atoms with van der Waals surface area (Å²) in [5.41, 5.74) is -0.580. The van der Waals surface area contributed by atoms with E-state index in [1.54, 1.807) is 20.8 Å². The maximum atomic E-state index is 11.6. The molecule has 1 aromatic heterocycles. The van der Waals surface area contributed by atoms with E-state index in [2.05, 4.69) is 10.4 Å². The Balaban J connectivity index is 1.98. The second kappa shape index (κ2) is 5.41. The minimum Gasteiger partial charge on any atom is -0.768 e. The topological polar surface area (TPSA) is 106 Å². The van der Waals surface area contributed by atoms with Crippen molar-refractivity contribution >= 4 is 17.2 Å². The summed E-state index contributed by atoms with van der Waals surface area (Å²) in [6, 6.07) is -0.329. The van der Waals surface area contributed by atoms with Crippen molar-refractivity contribution in [1.29, 1.82) is 0 Å². The van der Waals surface area contributed by atoms with E-state index in [1.165, 1.54) is 10.9 Å². The first-order valence-corrected chi connectivity index (χ1v) is 7.11. The van der Waals surface area contributed by atoms with E-state index in [0.717, 1.165) is 0 Å². The Labute approximate surface area is 118 Å². The van der Waals surface area contributed by atoms with E-state index < -0.39 is 22.8 Å². The fraction of sp³-hybridized carbons (Fsp3) is 0.636. The predicted octanol–water partition coefficient (Wildman–Crippen LogP) is 0.407. The monoisotopic (exact) mass is 302 g/mol. The molecule has 1 unspecified atom stereocenters. The van der Waals surface area contributed by atoms with Crippen LogP contribution in [0.4, 0.5) is 4.79 Å². The van der Waals surface area contributed by atoms with Gasteiger partial charge in [-0.2, -0.15) is 5.10 Å². The third-order valence-corrected chi connectivity index (χ3v) is 3.11. The van der Waals surface area contributed by atoms with Crippen molar-refractivity contribution < 1.29 is 23.0 Å². The van der Waals surface area contributed by atoms with Gasteiger partial charge in [0.25, 0.3) is 0 Å². The van der Waals surface area contributed by atoms with Crippen molar-refractivity contribution in [3.63, 3.8) is 0 Å². The molecule has 112 valence electrons. The van der Waals surface area contributed by atoms with Crippen LogP contribution >= 0.6 is 0 Å². The van der Waals surface area contributed by atoms with Crippen molar-refractivity contribution in [2.45, 2.75) is 43.9 Å². The Morgan fingerprint density at radius 2 is 2.35 bits per heavy atom. The molecule has 1 amide bonds. The lowest BCUT2D eigenvalue weighted by molar-refractivity contribution is 0.0459. The first kappa shape index (κ1) is 14.8. The van der Waals surface area contributed by atoms with Crippen LogP contribution < -0.4 is 10.1 Å². The van der Waals surface area contributed by atoms with Gasteiger partial charge < -0.3 is 19.3 Å². The van der Waals surface area contributed by atoms with Crippen LogP contribution in [0.15, 0.2) is 11.1 Å². The van der Waals surface area contributed by atoms with Gasteiger partial charge in [-0.25, -0.2) is 9.48 Å². The number of amides is 1. The van der Waals surface area contributed by atoms with E-state index >= 15 is 0 Å². The van der Waals surface area contributed by atoms with Gasteiger partial charge in [0, 0.05) is 0 Å². The number of aromatic nitrogens is 2. The largest absolute Gasteiger partial charge is 0.768 e. The summed E-state index contributed by atoms with van der Waals surface area (Å²) in [7, 11) is 0. The lowest BCUT2D eigenvalue weighted by Crippen LogP contribution is -2.46. The van der Waals surface area contributed by atoms with Crippen LogP contribution in [-0.4, -0.2) is 42.9 Å². The number of rotatable bonds is 2. The molecule has 2 heterocycles. The van der Waals surface area contributed by atoms with Gasteiger partial charge in [-0.3, -0.25) is 4.21 Å². The van der Waals surface area contributed by atoms with Gasteiger partial charge in [0.15, 0.2) is 0 Å². The molecule has 0 fully saturated rings. The fourth-order valence-corrected chi connectivity index (χ4v) is 2.19. The molecule has 1 aliphatic heterocycles. The van der Waals surface area contributed by atoms with E-state index in [4.69, 9.17) is 9.47 Å². The van der Waals surface area contributed by atoms with Crippen molar-refractivity contribution in [2.24, 2.45) is 0 Å². The molecule has 0 saturated carbocycles. The molecule has 1 N–H and O–H groups in total. The van der Waals surface area contributed by atoms with Crippen molar-refractivity contribution in [1.82, 2.24) is 15.1 Å². The number of carbonyl (C=O) groups is 1. The molecule has 1 aromatic rings. The van der Waals surface area contributed by atoms with Crippen LogP contribution in [0, 0.1) is 0 Å². The van der Waals surface area contributed by atoms with Crippen LogP contribution in [0.25, 0.3) is 0 Å². The number of carbonyl (C=O) groups excluding carboxylic acids is 1. The zero-order valence-electron chi connectivity index (χ0n) is 11.4. The lowest BCUT2D eigenvalue weighted by atomic mass is 10.2. The standard InChI is InChI=1S/C11H17N3O5S/c1-11(2,3)19-10(15)13-7-5-14-9(18-6-7)8(4-12-14)20(16)17/h4,7H,5-6H2,1-3H3,(H,13,15)(H,16,17)/p-1/t7-/m0/s1. The zero-order chi connectivity index (χ0) is 14.9. The summed E-state index contributed by atoms with van der Waals surface area (Å²) >= 11 is -2.39. The molecule has 1 aliphatic rings. The van der Waals surface area contributed by atoms with Gasteiger partial charge in [0.1, 0.15) is 17.1 Å². The molecule has 2 rings (SSSR count). The minimum absolute atomic E-state index is 0.0146. The highest BCUT2D eigenvalue weighted by molar-refractivity contribution is 7.79. The van der Waals surface area contributed by atoms with E-state index in [0.29, 0.717) is 6.54 Å². The highest BCUT2D eigenvalue weighted by Crippen LogP contribution is 2.24. The normalized spacial score (nSPS) is 19.7. The molecule has 8 nitrogen and oxygen atoms in total. The number of nitrogens with one attached hydrogen (secondary N) is 1. The maximum Gasteiger partial charge on any atom is 0.408 e. The summed E-state index contributed by atoms with van der Waals surface area (Å²) < 4.78 is 33.7. The number of alkyl carbamates (subject to hydrolysis) is 1. The highest BCUT2D eigenvalue weighted by atomic mass is 32.2. The second-order valence-electron chi connectivity index (χ2n) is 5.38. The van der Waals surface area contributed by atoms with Gasteiger partial charge >= 0.3 is 6.09 Å². The van der Waals surface area contributed by atoms with Crippen molar-refractivity contribution in [3.05, 3.63) is 6.20 Å². The smallest absolute Gasteiger partial charge is 0.408 e. The zero-order valence-corrected chi connectivity index (χ0v) is 12.2. The van der Waals surface area contributed by atoms with Gasteiger partial charge in [-0.15, -0.1) is 0 Å². The average molecular weight is 302 g/mol. The predicted molar refractivity (Wildman–Crippen MR) is 68.1 cm³/mol. The Bertz CT molecular complexity index is 537. The maximum absolute atomic E-state index is 11.6. The van der Waals surface area contributed by atoms with Gasteiger partial charge in [0.2, 0.25) is 5.88 Å². The molecule has 9 heteroatoms. The molecule has 20 heavy (non-hydrogen) atoms. The Kier molecular flexibility index (Phi) is 4.00. The molecule has 2 atom stereocenters. The average Bonchev–Trinajstić information content (AvgIpc) is 2.68. The number of hydrogen-bond donors (Lipinski definition) is 1. The van der Waals surface area contributed by atoms with E-state index in [9.17, 15) is 13.6 Å². The van der Waals surface area contributed by atoms with Gasteiger partial charge in [-0.05, 0) is 31.9 Å². The molecule has 0 spiro atoms. The number of ether oxygens (including phenoxy) is 2. The number of fused-ring (bicyclic) bond motifs is 1. The first-order chi connectivity index (χ1) is 9.26. The van der Waals surface area contributed by atoms with Gasteiger partial charge in [-0.1, -0.05) is 0 Å². The lowest BCUT2D eigenvalue weighted by Gasteiger charge is -2.27. The summed E-state index contributed by atoms with van der Waals surface area (Å²) in [5.74, 6) is 0.195. The third kappa shape index (κ3) is 3.48. The first-order valence-electron chi connectivity index (χ1n) is 6.03.